The number of urea groups is 1. The van der Waals surface area contributed by atoms with Crippen LogP contribution in [0.5, 0.6) is 5.75 Å². The minimum Gasteiger partial charge on any atom is -0.497 e. The number of pyridine rings is 1. The Balaban J connectivity index is 1.79. The van der Waals surface area contributed by atoms with Gasteiger partial charge in [0.25, 0.3) is 0 Å². The number of carbonyl (C=O) groups excluding carboxylic acids is 2. The first-order chi connectivity index (χ1) is 12.9. The van der Waals surface area contributed by atoms with Crippen LogP contribution in [-0.4, -0.2) is 30.6 Å². The molecule has 0 spiro atoms. The van der Waals surface area contributed by atoms with Crippen molar-refractivity contribution in [1.29, 1.82) is 0 Å². The molecule has 27 heavy (non-hydrogen) atoms. The lowest BCUT2D eigenvalue weighted by Crippen LogP contribution is -2.39. The van der Waals surface area contributed by atoms with Crippen molar-refractivity contribution in [2.24, 2.45) is 11.5 Å². The summed E-state index contributed by atoms with van der Waals surface area (Å²) in [6, 6.07) is 9.86. The molecule has 0 unspecified atom stereocenters. The molecule has 1 heterocycles. The number of aromatic nitrogens is 1. The van der Waals surface area contributed by atoms with Crippen molar-refractivity contribution in [2.45, 2.75) is 19.1 Å². The average Bonchev–Trinajstić information content (AvgIpc) is 2.66. The third kappa shape index (κ3) is 6.24. The SMILES string of the molecule is COc1cccc([C@H](C)NC(=O)CNC(=O)Nc2ccc(C(N)N)cn2)c1. The number of benzene rings is 1. The van der Waals surface area contributed by atoms with E-state index in [9.17, 15) is 9.59 Å². The molecule has 0 radical (unpaired) electrons. The molecule has 0 saturated carbocycles. The average molecular weight is 372 g/mol. The van der Waals surface area contributed by atoms with Gasteiger partial charge in [0.15, 0.2) is 0 Å². The van der Waals surface area contributed by atoms with E-state index in [1.165, 1.54) is 6.20 Å². The largest absolute Gasteiger partial charge is 0.497 e. The fourth-order valence-electron chi connectivity index (χ4n) is 2.28. The van der Waals surface area contributed by atoms with Crippen LogP contribution < -0.4 is 32.2 Å². The standard InChI is InChI=1S/C18H24N6O3/c1-11(12-4-3-5-14(8-12)27-2)23-16(25)10-22-18(26)24-15-7-6-13(9-21-15)17(19)20/h3-9,11,17H,10,19-20H2,1-2H3,(H,23,25)(H2,21,22,24,26)/t11-/m0/s1. The van der Waals surface area contributed by atoms with Crippen molar-refractivity contribution in [1.82, 2.24) is 15.6 Å². The fourth-order valence-corrected chi connectivity index (χ4v) is 2.28. The van der Waals surface area contributed by atoms with Gasteiger partial charge in [-0.05, 0) is 30.7 Å². The first-order valence-electron chi connectivity index (χ1n) is 8.34. The summed E-state index contributed by atoms with van der Waals surface area (Å²) >= 11 is 0. The van der Waals surface area contributed by atoms with Gasteiger partial charge in [-0.3, -0.25) is 10.1 Å². The Morgan fingerprint density at radius 3 is 2.59 bits per heavy atom. The van der Waals surface area contributed by atoms with E-state index in [1.54, 1.807) is 19.2 Å². The molecule has 1 aromatic heterocycles. The quantitative estimate of drug-likeness (QED) is 0.459. The summed E-state index contributed by atoms with van der Waals surface area (Å²) in [7, 11) is 1.58. The molecular weight excluding hydrogens is 348 g/mol. The van der Waals surface area contributed by atoms with Gasteiger partial charge in [-0.25, -0.2) is 9.78 Å². The Hall–Kier alpha value is -3.17. The van der Waals surface area contributed by atoms with E-state index < -0.39 is 12.2 Å². The molecule has 0 fully saturated rings. The summed E-state index contributed by atoms with van der Waals surface area (Å²) in [5.41, 5.74) is 12.6. The number of rotatable bonds is 7. The Kier molecular flexibility index (Phi) is 7.09. The smallest absolute Gasteiger partial charge is 0.320 e. The lowest BCUT2D eigenvalue weighted by atomic mass is 10.1. The first kappa shape index (κ1) is 20.1. The third-order valence-electron chi connectivity index (χ3n) is 3.79. The Morgan fingerprint density at radius 2 is 1.96 bits per heavy atom. The Morgan fingerprint density at radius 1 is 1.19 bits per heavy atom. The molecule has 1 atom stereocenters. The van der Waals surface area contributed by atoms with E-state index in [1.807, 2.05) is 31.2 Å². The molecular formula is C18H24N6O3. The monoisotopic (exact) mass is 372 g/mol. The minimum atomic E-state index is -0.629. The topological polar surface area (TPSA) is 144 Å². The number of nitrogens with one attached hydrogen (secondary N) is 3. The molecule has 9 nitrogen and oxygen atoms in total. The van der Waals surface area contributed by atoms with E-state index in [2.05, 4.69) is 20.9 Å². The van der Waals surface area contributed by atoms with Crippen LogP contribution in [0.1, 0.15) is 30.3 Å². The van der Waals surface area contributed by atoms with Gasteiger partial charge in [0.05, 0.1) is 25.9 Å². The van der Waals surface area contributed by atoms with Gasteiger partial charge in [-0.15, -0.1) is 0 Å². The maximum atomic E-state index is 12.0. The van der Waals surface area contributed by atoms with Crippen molar-refractivity contribution in [2.75, 3.05) is 19.0 Å². The summed E-state index contributed by atoms with van der Waals surface area (Å²) in [5, 5.41) is 7.80. The third-order valence-corrected chi connectivity index (χ3v) is 3.79. The summed E-state index contributed by atoms with van der Waals surface area (Å²) in [4.78, 5) is 27.9. The predicted molar refractivity (Wildman–Crippen MR) is 102 cm³/mol. The first-order valence-corrected chi connectivity index (χ1v) is 8.34. The zero-order valence-electron chi connectivity index (χ0n) is 15.2. The van der Waals surface area contributed by atoms with Crippen molar-refractivity contribution >= 4 is 17.8 Å². The van der Waals surface area contributed by atoms with E-state index in [-0.39, 0.29) is 18.5 Å². The molecule has 1 aromatic carbocycles. The van der Waals surface area contributed by atoms with Crippen LogP contribution >= 0.6 is 0 Å². The highest BCUT2D eigenvalue weighted by Gasteiger charge is 2.12. The van der Waals surface area contributed by atoms with E-state index in [0.717, 1.165) is 5.56 Å². The molecule has 9 heteroatoms. The highest BCUT2D eigenvalue weighted by atomic mass is 16.5. The number of nitrogens with two attached hydrogens (primary N) is 2. The molecule has 2 rings (SSSR count). The van der Waals surface area contributed by atoms with Gasteiger partial charge in [0.1, 0.15) is 11.6 Å². The molecule has 0 aliphatic heterocycles. The molecule has 144 valence electrons. The van der Waals surface area contributed by atoms with Gasteiger partial charge >= 0.3 is 6.03 Å². The number of anilines is 1. The van der Waals surface area contributed by atoms with Gasteiger partial charge < -0.3 is 26.8 Å². The maximum Gasteiger partial charge on any atom is 0.320 e. The van der Waals surface area contributed by atoms with E-state index in [0.29, 0.717) is 17.1 Å². The van der Waals surface area contributed by atoms with Crippen LogP contribution in [0, 0.1) is 0 Å². The number of hydrogen-bond donors (Lipinski definition) is 5. The van der Waals surface area contributed by atoms with Crippen molar-refractivity contribution in [3.05, 3.63) is 53.7 Å². The van der Waals surface area contributed by atoms with E-state index in [4.69, 9.17) is 16.2 Å². The van der Waals surface area contributed by atoms with Crippen LogP contribution in [0.2, 0.25) is 0 Å². The number of nitrogens with zero attached hydrogens (tertiary/aromatic N) is 1. The van der Waals surface area contributed by atoms with Gasteiger partial charge in [-0.1, -0.05) is 18.2 Å². The van der Waals surface area contributed by atoms with Crippen LogP contribution in [0.4, 0.5) is 10.6 Å². The molecule has 2 aromatic rings. The zero-order valence-corrected chi connectivity index (χ0v) is 15.2. The Bertz CT molecular complexity index is 779. The number of carbonyl (C=O) groups is 2. The molecule has 0 bridgehead atoms. The number of ether oxygens (including phenoxy) is 1. The van der Waals surface area contributed by atoms with Crippen LogP contribution in [0.3, 0.4) is 0 Å². The van der Waals surface area contributed by atoms with E-state index >= 15 is 0 Å². The second-order valence-corrected chi connectivity index (χ2v) is 5.88. The van der Waals surface area contributed by atoms with Gasteiger partial charge in [-0.2, -0.15) is 0 Å². The highest BCUT2D eigenvalue weighted by Crippen LogP contribution is 2.18. The lowest BCUT2D eigenvalue weighted by molar-refractivity contribution is -0.120. The summed E-state index contributed by atoms with van der Waals surface area (Å²) in [6.07, 6.45) is 0.846. The van der Waals surface area contributed by atoms with Gasteiger partial charge in [0, 0.05) is 11.8 Å². The fraction of sp³-hybridized carbons (Fsp3) is 0.278. The van der Waals surface area contributed by atoms with Crippen LogP contribution in [0.15, 0.2) is 42.6 Å². The van der Waals surface area contributed by atoms with Crippen molar-refractivity contribution < 1.29 is 14.3 Å². The lowest BCUT2D eigenvalue weighted by Gasteiger charge is -2.15. The molecule has 7 N–H and O–H groups in total. The summed E-state index contributed by atoms with van der Waals surface area (Å²) < 4.78 is 5.17. The Labute approximate surface area is 157 Å². The van der Waals surface area contributed by atoms with Crippen LogP contribution in [0.25, 0.3) is 0 Å². The second-order valence-electron chi connectivity index (χ2n) is 5.88. The van der Waals surface area contributed by atoms with Crippen molar-refractivity contribution in [3.63, 3.8) is 0 Å². The van der Waals surface area contributed by atoms with Gasteiger partial charge in [0.2, 0.25) is 5.91 Å². The molecule has 0 aliphatic carbocycles. The summed E-state index contributed by atoms with van der Waals surface area (Å²) in [5.74, 6) is 0.708. The number of amides is 3. The maximum absolute atomic E-state index is 12.0. The summed E-state index contributed by atoms with van der Waals surface area (Å²) in [6.45, 7) is 1.67. The van der Waals surface area contributed by atoms with Crippen molar-refractivity contribution in [3.8, 4) is 5.75 Å². The predicted octanol–water partition coefficient (Wildman–Crippen LogP) is 1.01. The minimum absolute atomic E-state index is 0.175. The second kappa shape index (κ2) is 9.51. The molecule has 0 saturated heterocycles. The highest BCUT2D eigenvalue weighted by molar-refractivity contribution is 5.91. The van der Waals surface area contributed by atoms with Crippen LogP contribution in [-0.2, 0) is 4.79 Å². The zero-order chi connectivity index (χ0) is 19.8. The molecule has 3 amide bonds. The number of hydrogen-bond acceptors (Lipinski definition) is 6. The molecule has 0 aliphatic rings. The normalized spacial score (nSPS) is 11.6. The number of methoxy groups -OCH3 is 1.